The van der Waals surface area contributed by atoms with Crippen LogP contribution in [0.25, 0.3) is 0 Å². The van der Waals surface area contributed by atoms with Crippen LogP contribution in [0.3, 0.4) is 0 Å². The Hall–Kier alpha value is -1.91. The summed E-state index contributed by atoms with van der Waals surface area (Å²) < 4.78 is 15.3. The number of anilines is 1. The summed E-state index contributed by atoms with van der Waals surface area (Å²) >= 11 is 0. The van der Waals surface area contributed by atoms with E-state index >= 15 is 0 Å². The Morgan fingerprint density at radius 3 is 2.20 bits per heavy atom. The second-order valence-electron chi connectivity index (χ2n) is 4.46. The van der Waals surface area contributed by atoms with Crippen LogP contribution in [0.4, 0.5) is 5.69 Å². The molecule has 0 saturated carbocycles. The van der Waals surface area contributed by atoms with Gasteiger partial charge < -0.3 is 19.5 Å². The fourth-order valence-electron chi connectivity index (χ4n) is 1.89. The molecule has 0 aliphatic rings. The molecule has 20 heavy (non-hydrogen) atoms. The SMILES string of the molecule is CCCCC(Nc1cc(OC)cc(OC)c1)C(=O)OC. The topological polar surface area (TPSA) is 56.8 Å². The van der Waals surface area contributed by atoms with Gasteiger partial charge in [0, 0.05) is 23.9 Å². The molecule has 0 heterocycles. The van der Waals surface area contributed by atoms with Gasteiger partial charge in [0.15, 0.2) is 0 Å². The van der Waals surface area contributed by atoms with Crippen molar-refractivity contribution in [3.63, 3.8) is 0 Å². The number of benzene rings is 1. The summed E-state index contributed by atoms with van der Waals surface area (Å²) in [4.78, 5) is 11.8. The maximum Gasteiger partial charge on any atom is 0.328 e. The van der Waals surface area contributed by atoms with E-state index < -0.39 is 0 Å². The van der Waals surface area contributed by atoms with Crippen LogP contribution >= 0.6 is 0 Å². The Morgan fingerprint density at radius 1 is 1.15 bits per heavy atom. The number of hydrogen-bond acceptors (Lipinski definition) is 5. The first-order chi connectivity index (χ1) is 9.64. The monoisotopic (exact) mass is 281 g/mol. The number of hydrogen-bond donors (Lipinski definition) is 1. The molecule has 5 nitrogen and oxygen atoms in total. The minimum atomic E-state index is -0.364. The molecule has 0 aliphatic carbocycles. The molecule has 1 N–H and O–H groups in total. The smallest absolute Gasteiger partial charge is 0.328 e. The van der Waals surface area contributed by atoms with E-state index in [1.54, 1.807) is 20.3 Å². The van der Waals surface area contributed by atoms with Gasteiger partial charge in [0.1, 0.15) is 17.5 Å². The number of carbonyl (C=O) groups excluding carboxylic acids is 1. The van der Waals surface area contributed by atoms with Gasteiger partial charge in [-0.1, -0.05) is 19.8 Å². The quantitative estimate of drug-likeness (QED) is 0.743. The molecule has 0 amide bonds. The fourth-order valence-corrected chi connectivity index (χ4v) is 1.89. The van der Waals surface area contributed by atoms with Gasteiger partial charge in [-0.2, -0.15) is 0 Å². The number of unbranched alkanes of at least 4 members (excludes halogenated alkanes) is 1. The van der Waals surface area contributed by atoms with Crippen LogP contribution in [0.5, 0.6) is 11.5 Å². The molecule has 0 spiro atoms. The molecule has 1 unspecified atom stereocenters. The first-order valence-electron chi connectivity index (χ1n) is 6.72. The lowest BCUT2D eigenvalue weighted by molar-refractivity contribution is -0.141. The molecule has 0 bridgehead atoms. The Balaban J connectivity index is 2.88. The summed E-state index contributed by atoms with van der Waals surface area (Å²) in [6.45, 7) is 2.09. The lowest BCUT2D eigenvalue weighted by atomic mass is 10.1. The van der Waals surface area contributed by atoms with Crippen LogP contribution in [0.1, 0.15) is 26.2 Å². The van der Waals surface area contributed by atoms with Crippen molar-refractivity contribution >= 4 is 11.7 Å². The fraction of sp³-hybridized carbons (Fsp3) is 0.533. The lowest BCUT2D eigenvalue weighted by Crippen LogP contribution is -2.30. The molecule has 0 aromatic heterocycles. The van der Waals surface area contributed by atoms with Gasteiger partial charge in [-0.3, -0.25) is 0 Å². The molecule has 1 aromatic rings. The van der Waals surface area contributed by atoms with E-state index in [2.05, 4.69) is 12.2 Å². The zero-order chi connectivity index (χ0) is 15.0. The molecule has 0 saturated heterocycles. The Bertz CT molecular complexity index is 412. The lowest BCUT2D eigenvalue weighted by Gasteiger charge is -2.18. The van der Waals surface area contributed by atoms with Crippen molar-refractivity contribution in [3.8, 4) is 11.5 Å². The molecule has 112 valence electrons. The highest BCUT2D eigenvalue weighted by Gasteiger charge is 2.18. The molecule has 0 fully saturated rings. The van der Waals surface area contributed by atoms with Gasteiger partial charge >= 0.3 is 5.97 Å². The van der Waals surface area contributed by atoms with Gasteiger partial charge in [0.05, 0.1) is 21.3 Å². The van der Waals surface area contributed by atoms with E-state index in [0.29, 0.717) is 11.5 Å². The maximum atomic E-state index is 11.8. The predicted octanol–water partition coefficient (Wildman–Crippen LogP) is 2.85. The van der Waals surface area contributed by atoms with Crippen LogP contribution in [-0.2, 0) is 9.53 Å². The minimum Gasteiger partial charge on any atom is -0.497 e. The first-order valence-corrected chi connectivity index (χ1v) is 6.72. The summed E-state index contributed by atoms with van der Waals surface area (Å²) in [5, 5.41) is 3.18. The van der Waals surface area contributed by atoms with Crippen LogP contribution < -0.4 is 14.8 Å². The average molecular weight is 281 g/mol. The predicted molar refractivity (Wildman–Crippen MR) is 78.5 cm³/mol. The number of rotatable bonds is 8. The van der Waals surface area contributed by atoms with E-state index in [-0.39, 0.29) is 12.0 Å². The third-order valence-corrected chi connectivity index (χ3v) is 3.02. The van der Waals surface area contributed by atoms with Crippen molar-refractivity contribution in [2.24, 2.45) is 0 Å². The van der Waals surface area contributed by atoms with Crippen molar-refractivity contribution in [2.75, 3.05) is 26.6 Å². The average Bonchev–Trinajstić information content (AvgIpc) is 2.49. The highest BCUT2D eigenvalue weighted by molar-refractivity contribution is 5.79. The molecule has 1 atom stereocenters. The van der Waals surface area contributed by atoms with Crippen molar-refractivity contribution in [1.82, 2.24) is 0 Å². The Kier molecular flexibility index (Phi) is 6.70. The Morgan fingerprint density at radius 2 is 1.75 bits per heavy atom. The number of ether oxygens (including phenoxy) is 3. The van der Waals surface area contributed by atoms with Gasteiger partial charge in [-0.05, 0) is 6.42 Å². The summed E-state index contributed by atoms with van der Waals surface area (Å²) in [7, 11) is 4.58. The zero-order valence-electron chi connectivity index (χ0n) is 12.6. The second kappa shape index (κ2) is 8.30. The molecule has 1 rings (SSSR count). The summed E-state index contributed by atoms with van der Waals surface area (Å²) in [5.41, 5.74) is 0.771. The van der Waals surface area contributed by atoms with Crippen LogP contribution in [-0.4, -0.2) is 33.3 Å². The van der Waals surface area contributed by atoms with Gasteiger partial charge in [0.25, 0.3) is 0 Å². The number of methoxy groups -OCH3 is 3. The van der Waals surface area contributed by atoms with Gasteiger partial charge in [0.2, 0.25) is 0 Å². The third kappa shape index (κ3) is 4.64. The number of nitrogens with one attached hydrogen (secondary N) is 1. The van der Waals surface area contributed by atoms with Crippen molar-refractivity contribution < 1.29 is 19.0 Å². The van der Waals surface area contributed by atoms with E-state index in [9.17, 15) is 4.79 Å². The maximum absolute atomic E-state index is 11.8. The normalized spacial score (nSPS) is 11.6. The molecular formula is C15H23NO4. The van der Waals surface area contributed by atoms with E-state index in [0.717, 1.165) is 24.9 Å². The molecule has 5 heteroatoms. The minimum absolute atomic E-state index is 0.264. The van der Waals surface area contributed by atoms with Crippen LogP contribution in [0.15, 0.2) is 18.2 Å². The Labute approximate surface area is 120 Å². The molecule has 1 aromatic carbocycles. The van der Waals surface area contributed by atoms with E-state index in [4.69, 9.17) is 14.2 Å². The van der Waals surface area contributed by atoms with Crippen molar-refractivity contribution in [1.29, 1.82) is 0 Å². The van der Waals surface area contributed by atoms with E-state index in [1.807, 2.05) is 12.1 Å². The van der Waals surface area contributed by atoms with Crippen LogP contribution in [0.2, 0.25) is 0 Å². The second-order valence-corrected chi connectivity index (χ2v) is 4.46. The third-order valence-electron chi connectivity index (χ3n) is 3.02. The zero-order valence-corrected chi connectivity index (χ0v) is 12.6. The van der Waals surface area contributed by atoms with Crippen molar-refractivity contribution in [2.45, 2.75) is 32.2 Å². The summed E-state index contributed by atoms with van der Waals surface area (Å²) in [5.74, 6) is 1.08. The first kappa shape index (κ1) is 16.1. The standard InChI is InChI=1S/C15H23NO4/c1-5-6-7-14(15(17)20-4)16-11-8-12(18-2)10-13(9-11)19-3/h8-10,14,16H,5-7H2,1-4H3. The molecule has 0 radical (unpaired) electrons. The number of carbonyl (C=O) groups is 1. The summed E-state index contributed by atoms with van der Waals surface area (Å²) in [6.07, 6.45) is 2.70. The molecule has 0 aliphatic heterocycles. The molecular weight excluding hydrogens is 258 g/mol. The largest absolute Gasteiger partial charge is 0.497 e. The van der Waals surface area contributed by atoms with Crippen LogP contribution in [0, 0.1) is 0 Å². The highest BCUT2D eigenvalue weighted by Crippen LogP contribution is 2.26. The van der Waals surface area contributed by atoms with Gasteiger partial charge in [-0.25, -0.2) is 4.79 Å². The van der Waals surface area contributed by atoms with E-state index in [1.165, 1.54) is 7.11 Å². The summed E-state index contributed by atoms with van der Waals surface area (Å²) in [6, 6.07) is 5.07. The van der Waals surface area contributed by atoms with Crippen molar-refractivity contribution in [3.05, 3.63) is 18.2 Å². The highest BCUT2D eigenvalue weighted by atomic mass is 16.5. The van der Waals surface area contributed by atoms with Gasteiger partial charge in [-0.15, -0.1) is 0 Å². The number of esters is 1.